The van der Waals surface area contributed by atoms with Gasteiger partial charge in [-0.15, -0.1) is 10.2 Å². The van der Waals surface area contributed by atoms with Crippen LogP contribution in [0.25, 0.3) is 0 Å². The SMILES string of the molecule is CCc1nnc2n1CCCC2C(=O)O. The summed E-state index contributed by atoms with van der Waals surface area (Å²) in [5.74, 6) is 0.268. The summed E-state index contributed by atoms with van der Waals surface area (Å²) in [5, 5.41) is 16.9. The molecule has 0 aromatic carbocycles. The standard InChI is InChI=1S/C9H13N3O2/c1-2-7-10-11-8-6(9(13)14)4-3-5-12(7)8/h6H,2-5H2,1H3,(H,13,14). The lowest BCUT2D eigenvalue weighted by atomic mass is 9.99. The van der Waals surface area contributed by atoms with Crippen LogP contribution in [0.3, 0.4) is 0 Å². The fourth-order valence-electron chi connectivity index (χ4n) is 1.93. The molecule has 1 aromatic heterocycles. The first-order chi connectivity index (χ1) is 6.74. The van der Waals surface area contributed by atoms with Crippen LogP contribution in [-0.2, 0) is 17.8 Å². The summed E-state index contributed by atoms with van der Waals surface area (Å²) in [6, 6.07) is 0. The molecule has 0 spiro atoms. The van der Waals surface area contributed by atoms with Crippen LogP contribution in [0.1, 0.15) is 37.3 Å². The first kappa shape index (κ1) is 9.18. The van der Waals surface area contributed by atoms with Crippen LogP contribution in [0.5, 0.6) is 0 Å². The zero-order valence-corrected chi connectivity index (χ0v) is 8.10. The Bertz CT molecular complexity index is 359. The molecule has 0 bridgehead atoms. The van der Waals surface area contributed by atoms with E-state index in [2.05, 4.69) is 10.2 Å². The van der Waals surface area contributed by atoms with E-state index in [-0.39, 0.29) is 0 Å². The predicted molar refractivity (Wildman–Crippen MR) is 49.0 cm³/mol. The van der Waals surface area contributed by atoms with Crippen molar-refractivity contribution in [1.29, 1.82) is 0 Å². The van der Waals surface area contributed by atoms with Gasteiger partial charge in [-0.2, -0.15) is 0 Å². The normalized spacial score (nSPS) is 20.5. The van der Waals surface area contributed by atoms with Crippen LogP contribution in [-0.4, -0.2) is 25.8 Å². The van der Waals surface area contributed by atoms with Gasteiger partial charge in [-0.25, -0.2) is 0 Å². The Balaban J connectivity index is 2.40. The number of hydrogen-bond donors (Lipinski definition) is 1. The molecule has 1 atom stereocenters. The van der Waals surface area contributed by atoms with E-state index in [1.54, 1.807) is 0 Å². The van der Waals surface area contributed by atoms with Gasteiger partial charge < -0.3 is 9.67 Å². The maximum atomic E-state index is 10.9. The van der Waals surface area contributed by atoms with E-state index in [0.29, 0.717) is 12.2 Å². The number of fused-ring (bicyclic) bond motifs is 1. The molecule has 0 radical (unpaired) electrons. The minimum Gasteiger partial charge on any atom is -0.481 e. The first-order valence-electron chi connectivity index (χ1n) is 4.88. The molecular formula is C9H13N3O2. The topological polar surface area (TPSA) is 68.0 Å². The van der Waals surface area contributed by atoms with Crippen molar-refractivity contribution in [2.45, 2.75) is 38.6 Å². The molecule has 1 aliphatic rings. The lowest BCUT2D eigenvalue weighted by Gasteiger charge is -2.20. The van der Waals surface area contributed by atoms with E-state index in [1.807, 2.05) is 11.5 Å². The minimum atomic E-state index is -0.791. The Morgan fingerprint density at radius 1 is 1.64 bits per heavy atom. The van der Waals surface area contributed by atoms with E-state index in [1.165, 1.54) is 0 Å². The van der Waals surface area contributed by atoms with E-state index in [0.717, 1.165) is 25.2 Å². The highest BCUT2D eigenvalue weighted by Crippen LogP contribution is 2.26. The molecule has 2 rings (SSSR count). The van der Waals surface area contributed by atoms with E-state index in [9.17, 15) is 4.79 Å². The largest absolute Gasteiger partial charge is 0.481 e. The summed E-state index contributed by atoms with van der Waals surface area (Å²) in [5.41, 5.74) is 0. The van der Waals surface area contributed by atoms with Crippen molar-refractivity contribution in [3.05, 3.63) is 11.6 Å². The number of carboxylic acid groups (broad SMARTS) is 1. The van der Waals surface area contributed by atoms with Crippen molar-refractivity contribution < 1.29 is 9.90 Å². The Morgan fingerprint density at radius 3 is 3.07 bits per heavy atom. The third-order valence-electron chi connectivity index (χ3n) is 2.66. The Morgan fingerprint density at radius 2 is 2.43 bits per heavy atom. The molecule has 5 nitrogen and oxygen atoms in total. The molecule has 1 N–H and O–H groups in total. The molecular weight excluding hydrogens is 182 g/mol. The molecule has 76 valence electrons. The van der Waals surface area contributed by atoms with Crippen molar-refractivity contribution in [3.63, 3.8) is 0 Å². The number of aromatic nitrogens is 3. The molecule has 1 unspecified atom stereocenters. The summed E-state index contributed by atoms with van der Waals surface area (Å²) >= 11 is 0. The van der Waals surface area contributed by atoms with Crippen molar-refractivity contribution >= 4 is 5.97 Å². The second-order valence-electron chi connectivity index (χ2n) is 3.51. The highest BCUT2D eigenvalue weighted by molar-refractivity contribution is 5.75. The predicted octanol–water partition coefficient (Wildman–Crippen LogP) is 0.802. The van der Waals surface area contributed by atoms with Gasteiger partial charge in [0.25, 0.3) is 0 Å². The quantitative estimate of drug-likeness (QED) is 0.758. The van der Waals surface area contributed by atoms with Gasteiger partial charge in [-0.3, -0.25) is 4.79 Å². The summed E-state index contributed by atoms with van der Waals surface area (Å²) in [4.78, 5) is 10.9. The van der Waals surface area contributed by atoms with Gasteiger partial charge in [-0.05, 0) is 12.8 Å². The fraction of sp³-hybridized carbons (Fsp3) is 0.667. The Kier molecular flexibility index (Phi) is 2.23. The van der Waals surface area contributed by atoms with Crippen molar-refractivity contribution in [2.24, 2.45) is 0 Å². The second-order valence-corrected chi connectivity index (χ2v) is 3.51. The zero-order chi connectivity index (χ0) is 10.1. The summed E-state index contributed by atoms with van der Waals surface area (Å²) in [7, 11) is 0. The number of aryl methyl sites for hydroxylation is 1. The third-order valence-corrected chi connectivity index (χ3v) is 2.66. The minimum absolute atomic E-state index is 0.462. The highest BCUT2D eigenvalue weighted by Gasteiger charge is 2.29. The lowest BCUT2D eigenvalue weighted by molar-refractivity contribution is -0.139. The molecule has 0 aliphatic carbocycles. The maximum Gasteiger partial charge on any atom is 0.314 e. The summed E-state index contributed by atoms with van der Waals surface area (Å²) in [6.07, 6.45) is 2.38. The third kappa shape index (κ3) is 1.29. The zero-order valence-electron chi connectivity index (χ0n) is 8.10. The van der Waals surface area contributed by atoms with Crippen LogP contribution < -0.4 is 0 Å². The van der Waals surface area contributed by atoms with Crippen LogP contribution in [0.2, 0.25) is 0 Å². The van der Waals surface area contributed by atoms with Gasteiger partial charge in [-0.1, -0.05) is 6.92 Å². The van der Waals surface area contributed by atoms with Gasteiger partial charge in [0, 0.05) is 13.0 Å². The lowest BCUT2D eigenvalue weighted by Crippen LogP contribution is -2.23. The van der Waals surface area contributed by atoms with Gasteiger partial charge in [0.05, 0.1) is 0 Å². The number of aliphatic carboxylic acids is 1. The second kappa shape index (κ2) is 3.40. The Hall–Kier alpha value is -1.39. The highest BCUT2D eigenvalue weighted by atomic mass is 16.4. The molecule has 14 heavy (non-hydrogen) atoms. The van der Waals surface area contributed by atoms with Crippen LogP contribution in [0, 0.1) is 0 Å². The smallest absolute Gasteiger partial charge is 0.314 e. The van der Waals surface area contributed by atoms with Crippen LogP contribution >= 0.6 is 0 Å². The number of nitrogens with zero attached hydrogens (tertiary/aromatic N) is 3. The van der Waals surface area contributed by atoms with Crippen molar-refractivity contribution in [3.8, 4) is 0 Å². The van der Waals surface area contributed by atoms with Crippen LogP contribution in [0.4, 0.5) is 0 Å². The molecule has 0 saturated carbocycles. The Labute approximate surface area is 81.8 Å². The van der Waals surface area contributed by atoms with E-state index < -0.39 is 11.9 Å². The first-order valence-corrected chi connectivity index (χ1v) is 4.88. The molecule has 1 aliphatic heterocycles. The van der Waals surface area contributed by atoms with Gasteiger partial charge in [0.15, 0.2) is 0 Å². The summed E-state index contributed by atoms with van der Waals surface area (Å²) < 4.78 is 1.95. The molecule has 0 fully saturated rings. The molecule has 5 heteroatoms. The monoisotopic (exact) mass is 195 g/mol. The van der Waals surface area contributed by atoms with E-state index >= 15 is 0 Å². The summed E-state index contributed by atoms with van der Waals surface area (Å²) in [6.45, 7) is 2.86. The number of hydrogen-bond acceptors (Lipinski definition) is 3. The van der Waals surface area contributed by atoms with Crippen molar-refractivity contribution in [1.82, 2.24) is 14.8 Å². The molecule has 2 heterocycles. The van der Waals surface area contributed by atoms with Gasteiger partial charge >= 0.3 is 5.97 Å². The molecule has 0 amide bonds. The number of rotatable bonds is 2. The van der Waals surface area contributed by atoms with Crippen LogP contribution in [0.15, 0.2) is 0 Å². The van der Waals surface area contributed by atoms with Gasteiger partial charge in [0.2, 0.25) is 0 Å². The van der Waals surface area contributed by atoms with E-state index in [4.69, 9.17) is 5.11 Å². The molecule has 1 aromatic rings. The van der Waals surface area contributed by atoms with Gasteiger partial charge in [0.1, 0.15) is 17.6 Å². The maximum absolute atomic E-state index is 10.9. The average molecular weight is 195 g/mol. The van der Waals surface area contributed by atoms with Crippen molar-refractivity contribution in [2.75, 3.05) is 0 Å². The fourth-order valence-corrected chi connectivity index (χ4v) is 1.93. The average Bonchev–Trinajstić information content (AvgIpc) is 2.59. The molecule has 0 saturated heterocycles. The number of carboxylic acids is 1. The number of carbonyl (C=O) groups is 1.